The molecule has 0 saturated carbocycles. The SMILES string of the molecule is Cc1cc(C)n(-c2ccc(NC(=O)/C=C/c3cn(C)c(=O)n(C)c3=O)cn2)n1. The van der Waals surface area contributed by atoms with Gasteiger partial charge in [0.2, 0.25) is 5.91 Å². The normalized spacial score (nSPS) is 11.1. The molecule has 0 aromatic carbocycles. The predicted molar refractivity (Wildman–Crippen MR) is 105 cm³/mol. The Balaban J connectivity index is 1.73. The topological polar surface area (TPSA) is 104 Å². The monoisotopic (exact) mass is 380 g/mol. The van der Waals surface area contributed by atoms with Crippen LogP contribution in [0.4, 0.5) is 5.69 Å². The van der Waals surface area contributed by atoms with Crippen LogP contribution in [-0.2, 0) is 18.9 Å². The van der Waals surface area contributed by atoms with E-state index in [4.69, 9.17) is 0 Å². The summed E-state index contributed by atoms with van der Waals surface area (Å²) in [6.07, 6.45) is 5.52. The molecule has 144 valence electrons. The number of hydrogen-bond acceptors (Lipinski definition) is 5. The second kappa shape index (κ2) is 7.47. The maximum Gasteiger partial charge on any atom is 0.330 e. The van der Waals surface area contributed by atoms with Gasteiger partial charge in [-0.1, -0.05) is 0 Å². The molecule has 0 aliphatic carbocycles. The molecule has 3 aromatic heterocycles. The highest BCUT2D eigenvalue weighted by Crippen LogP contribution is 2.12. The summed E-state index contributed by atoms with van der Waals surface area (Å²) in [4.78, 5) is 40.2. The third-order valence-corrected chi connectivity index (χ3v) is 4.13. The van der Waals surface area contributed by atoms with Gasteiger partial charge in [0.1, 0.15) is 0 Å². The van der Waals surface area contributed by atoms with Gasteiger partial charge in [0.15, 0.2) is 5.82 Å². The minimum Gasteiger partial charge on any atom is -0.321 e. The second-order valence-electron chi connectivity index (χ2n) is 6.41. The highest BCUT2D eigenvalue weighted by molar-refractivity contribution is 6.01. The van der Waals surface area contributed by atoms with Gasteiger partial charge in [0, 0.05) is 32.1 Å². The molecule has 28 heavy (non-hydrogen) atoms. The maximum atomic E-state index is 12.1. The zero-order chi connectivity index (χ0) is 20.4. The van der Waals surface area contributed by atoms with E-state index >= 15 is 0 Å². The molecule has 3 rings (SSSR count). The van der Waals surface area contributed by atoms with Crippen molar-refractivity contribution in [3.8, 4) is 5.82 Å². The molecule has 0 fully saturated rings. The molecule has 3 heterocycles. The van der Waals surface area contributed by atoms with Crippen LogP contribution in [0.1, 0.15) is 17.0 Å². The van der Waals surface area contributed by atoms with Crippen molar-refractivity contribution in [3.05, 3.63) is 74.5 Å². The fourth-order valence-electron chi connectivity index (χ4n) is 2.75. The Hall–Kier alpha value is -3.75. The first-order valence-corrected chi connectivity index (χ1v) is 8.51. The van der Waals surface area contributed by atoms with Gasteiger partial charge >= 0.3 is 5.69 Å². The van der Waals surface area contributed by atoms with Crippen molar-refractivity contribution in [1.82, 2.24) is 23.9 Å². The van der Waals surface area contributed by atoms with Crippen molar-refractivity contribution >= 4 is 17.7 Å². The van der Waals surface area contributed by atoms with E-state index in [0.717, 1.165) is 16.0 Å². The molecule has 0 aliphatic heterocycles. The molecule has 1 N–H and O–H groups in total. The molecular formula is C19H20N6O3. The first-order chi connectivity index (χ1) is 13.3. The van der Waals surface area contributed by atoms with E-state index in [1.54, 1.807) is 16.8 Å². The van der Waals surface area contributed by atoms with Gasteiger partial charge in [-0.15, -0.1) is 0 Å². The number of aryl methyl sites for hydroxylation is 3. The molecule has 9 nitrogen and oxygen atoms in total. The third-order valence-electron chi connectivity index (χ3n) is 4.13. The Morgan fingerprint density at radius 2 is 1.93 bits per heavy atom. The van der Waals surface area contributed by atoms with E-state index in [-0.39, 0.29) is 5.56 Å². The number of nitrogens with zero attached hydrogens (tertiary/aromatic N) is 5. The van der Waals surface area contributed by atoms with Crippen LogP contribution in [0.2, 0.25) is 0 Å². The van der Waals surface area contributed by atoms with Gasteiger partial charge in [-0.05, 0) is 38.1 Å². The fourth-order valence-corrected chi connectivity index (χ4v) is 2.75. The molecule has 0 spiro atoms. The van der Waals surface area contributed by atoms with Gasteiger partial charge in [-0.2, -0.15) is 5.10 Å². The summed E-state index contributed by atoms with van der Waals surface area (Å²) in [5.41, 5.74) is 1.70. The maximum absolute atomic E-state index is 12.1. The minimum atomic E-state index is -0.469. The van der Waals surface area contributed by atoms with Crippen LogP contribution in [-0.4, -0.2) is 29.8 Å². The zero-order valence-electron chi connectivity index (χ0n) is 16.0. The second-order valence-corrected chi connectivity index (χ2v) is 6.41. The van der Waals surface area contributed by atoms with Crippen molar-refractivity contribution in [2.75, 3.05) is 5.32 Å². The van der Waals surface area contributed by atoms with Crippen molar-refractivity contribution in [3.63, 3.8) is 0 Å². The summed E-state index contributed by atoms with van der Waals surface area (Å²) < 4.78 is 3.98. The summed E-state index contributed by atoms with van der Waals surface area (Å²) in [6, 6.07) is 5.42. The highest BCUT2D eigenvalue weighted by Gasteiger charge is 2.07. The molecule has 0 aliphatic rings. The van der Waals surface area contributed by atoms with Crippen LogP contribution in [0.3, 0.4) is 0 Å². The molecule has 0 radical (unpaired) electrons. The number of nitrogens with one attached hydrogen (secondary N) is 1. The van der Waals surface area contributed by atoms with Crippen LogP contribution in [0, 0.1) is 13.8 Å². The first kappa shape index (κ1) is 19.0. The molecule has 1 amide bonds. The molecular weight excluding hydrogens is 360 g/mol. The van der Waals surface area contributed by atoms with E-state index in [1.165, 1.54) is 43.2 Å². The lowest BCUT2D eigenvalue weighted by atomic mass is 10.3. The lowest BCUT2D eigenvalue weighted by Crippen LogP contribution is -2.37. The average Bonchev–Trinajstić information content (AvgIpc) is 3.00. The first-order valence-electron chi connectivity index (χ1n) is 8.51. The lowest BCUT2D eigenvalue weighted by molar-refractivity contribution is -0.111. The Morgan fingerprint density at radius 3 is 2.54 bits per heavy atom. The number of pyridine rings is 1. The van der Waals surface area contributed by atoms with E-state index < -0.39 is 17.2 Å². The molecule has 3 aromatic rings. The smallest absolute Gasteiger partial charge is 0.321 e. The van der Waals surface area contributed by atoms with Crippen LogP contribution < -0.4 is 16.6 Å². The van der Waals surface area contributed by atoms with Crippen LogP contribution >= 0.6 is 0 Å². The van der Waals surface area contributed by atoms with Crippen molar-refractivity contribution in [1.29, 1.82) is 0 Å². The Bertz CT molecular complexity index is 1180. The van der Waals surface area contributed by atoms with Crippen LogP contribution in [0.15, 0.2) is 46.3 Å². The van der Waals surface area contributed by atoms with Crippen molar-refractivity contribution < 1.29 is 4.79 Å². The molecule has 0 atom stereocenters. The summed E-state index contributed by atoms with van der Waals surface area (Å²) in [5.74, 6) is 0.226. The molecule has 0 saturated heterocycles. The fraction of sp³-hybridized carbons (Fsp3) is 0.211. The van der Waals surface area contributed by atoms with Gasteiger partial charge in [-0.3, -0.25) is 14.2 Å². The van der Waals surface area contributed by atoms with E-state index in [2.05, 4.69) is 15.4 Å². The van der Waals surface area contributed by atoms with E-state index in [0.29, 0.717) is 11.5 Å². The Kier molecular flexibility index (Phi) is 5.08. The van der Waals surface area contributed by atoms with Gasteiger partial charge in [-0.25, -0.2) is 14.5 Å². The summed E-state index contributed by atoms with van der Waals surface area (Å²) >= 11 is 0. The average molecular weight is 380 g/mol. The number of anilines is 1. The van der Waals surface area contributed by atoms with Gasteiger partial charge in [0.05, 0.1) is 23.1 Å². The number of amides is 1. The summed E-state index contributed by atoms with van der Waals surface area (Å²) in [5, 5.41) is 7.04. The number of carbonyl (C=O) groups excluding carboxylic acids is 1. The molecule has 0 bridgehead atoms. The van der Waals surface area contributed by atoms with E-state index in [9.17, 15) is 14.4 Å². The van der Waals surface area contributed by atoms with Crippen molar-refractivity contribution in [2.45, 2.75) is 13.8 Å². The Morgan fingerprint density at radius 1 is 1.18 bits per heavy atom. The quantitative estimate of drug-likeness (QED) is 0.678. The highest BCUT2D eigenvalue weighted by atomic mass is 16.2. The largest absolute Gasteiger partial charge is 0.330 e. The predicted octanol–water partition coefficient (Wildman–Crippen LogP) is 0.933. The number of aromatic nitrogens is 5. The lowest BCUT2D eigenvalue weighted by Gasteiger charge is -2.06. The summed E-state index contributed by atoms with van der Waals surface area (Å²) in [6.45, 7) is 3.84. The van der Waals surface area contributed by atoms with Crippen molar-refractivity contribution in [2.24, 2.45) is 14.1 Å². The standard InChI is InChI=1S/C19H20N6O3/c1-12-9-13(2)25(22-12)16-7-6-15(10-20-16)21-17(26)8-5-14-11-23(3)19(28)24(4)18(14)27/h5-11H,1-4H3,(H,21,26)/b8-5+. The Labute approximate surface area is 160 Å². The van der Waals surface area contributed by atoms with Crippen LogP contribution in [0.25, 0.3) is 11.9 Å². The van der Waals surface area contributed by atoms with Gasteiger partial charge in [0.25, 0.3) is 5.56 Å². The molecule has 9 heteroatoms. The van der Waals surface area contributed by atoms with E-state index in [1.807, 2.05) is 19.9 Å². The minimum absolute atomic E-state index is 0.234. The number of hydrogen-bond donors (Lipinski definition) is 1. The number of rotatable bonds is 4. The zero-order valence-corrected chi connectivity index (χ0v) is 16.0. The third kappa shape index (κ3) is 3.83. The van der Waals surface area contributed by atoms with Crippen LogP contribution in [0.5, 0.6) is 0 Å². The molecule has 0 unspecified atom stereocenters. The van der Waals surface area contributed by atoms with Gasteiger partial charge < -0.3 is 9.88 Å². The number of carbonyl (C=O) groups is 1. The summed E-state index contributed by atoms with van der Waals surface area (Å²) in [7, 11) is 2.92.